The largest absolute Gasteiger partial charge is 0.481 e. The van der Waals surface area contributed by atoms with Crippen molar-refractivity contribution in [1.82, 2.24) is 15.2 Å². The van der Waals surface area contributed by atoms with E-state index in [4.69, 9.17) is 4.74 Å². The van der Waals surface area contributed by atoms with Gasteiger partial charge in [-0.2, -0.15) is 0 Å². The summed E-state index contributed by atoms with van der Waals surface area (Å²) in [6.45, 7) is 2.46. The number of carbonyl (C=O) groups is 1. The molecule has 1 amide bonds. The zero-order valence-electron chi connectivity index (χ0n) is 15.0. The van der Waals surface area contributed by atoms with Crippen LogP contribution in [0.15, 0.2) is 18.3 Å². The van der Waals surface area contributed by atoms with Gasteiger partial charge in [-0.15, -0.1) is 0 Å². The lowest BCUT2D eigenvalue weighted by atomic mass is 9.75. The fourth-order valence-electron chi connectivity index (χ4n) is 3.79. The molecule has 3 rings (SSSR count). The lowest BCUT2D eigenvalue weighted by Gasteiger charge is -2.38. The molecule has 2 N–H and O–H groups in total. The molecule has 1 aliphatic carbocycles. The number of pyridine rings is 1. The number of aliphatic hydroxyl groups excluding tert-OH is 1. The highest BCUT2D eigenvalue weighted by atomic mass is 16.5. The average molecular weight is 347 g/mol. The maximum atomic E-state index is 12.6. The van der Waals surface area contributed by atoms with Gasteiger partial charge in [0.25, 0.3) is 0 Å². The summed E-state index contributed by atoms with van der Waals surface area (Å²) >= 11 is 0. The van der Waals surface area contributed by atoms with Crippen LogP contribution in [0.25, 0.3) is 0 Å². The number of aromatic nitrogens is 1. The van der Waals surface area contributed by atoms with Crippen LogP contribution in [0.2, 0.25) is 0 Å². The Labute approximate surface area is 149 Å². The molecule has 1 atom stereocenters. The molecule has 6 nitrogen and oxygen atoms in total. The number of hydrogen-bond acceptors (Lipinski definition) is 5. The lowest BCUT2D eigenvalue weighted by molar-refractivity contribution is -0.124. The Hall–Kier alpha value is -1.66. The van der Waals surface area contributed by atoms with Crippen molar-refractivity contribution < 1.29 is 14.6 Å². The van der Waals surface area contributed by atoms with Gasteiger partial charge in [0.2, 0.25) is 11.8 Å². The topological polar surface area (TPSA) is 74.7 Å². The zero-order valence-corrected chi connectivity index (χ0v) is 15.0. The summed E-state index contributed by atoms with van der Waals surface area (Å²) in [4.78, 5) is 19.1. The Balaban J connectivity index is 1.63. The second-order valence-electron chi connectivity index (χ2n) is 7.25. The van der Waals surface area contributed by atoms with Crippen LogP contribution in [0.3, 0.4) is 0 Å². The Morgan fingerprint density at radius 2 is 2.04 bits per heavy atom. The molecule has 1 saturated heterocycles. The quantitative estimate of drug-likeness (QED) is 0.822. The van der Waals surface area contributed by atoms with Crippen LogP contribution in [0.1, 0.15) is 50.1 Å². The predicted octanol–water partition coefficient (Wildman–Crippen LogP) is 1.89. The molecule has 1 saturated carbocycles. The molecule has 0 bridgehead atoms. The number of nitrogens with one attached hydrogen (secondary N) is 1. The number of methoxy groups -OCH3 is 1. The van der Waals surface area contributed by atoms with E-state index in [-0.39, 0.29) is 24.0 Å². The molecule has 2 heterocycles. The van der Waals surface area contributed by atoms with Gasteiger partial charge in [-0.1, -0.05) is 18.9 Å². The van der Waals surface area contributed by atoms with Crippen molar-refractivity contribution in [3.63, 3.8) is 0 Å². The number of hydrogen-bond donors (Lipinski definition) is 2. The SMILES string of the molecule is COc1ccc([C@@H](NC(=O)CN2CCCCCC2)C2CC(O)C2)cn1. The standard InChI is InChI=1S/C19H29N3O3/c1-25-18-7-6-14(12-20-18)19(15-10-16(23)11-15)21-17(24)13-22-8-4-2-3-5-9-22/h6-7,12,15-16,19,23H,2-5,8-11,13H2,1H3,(H,21,24)/t15?,16?,19-/m1/s1. The Kier molecular flexibility index (Phi) is 6.26. The van der Waals surface area contributed by atoms with Crippen LogP contribution in [0, 0.1) is 5.92 Å². The molecular weight excluding hydrogens is 318 g/mol. The first-order valence-corrected chi connectivity index (χ1v) is 9.35. The lowest BCUT2D eigenvalue weighted by Crippen LogP contribution is -2.45. The third-order valence-electron chi connectivity index (χ3n) is 5.33. The van der Waals surface area contributed by atoms with Crippen LogP contribution in [-0.4, -0.2) is 53.7 Å². The number of rotatable bonds is 6. The van der Waals surface area contributed by atoms with Crippen molar-refractivity contribution >= 4 is 5.91 Å². The van der Waals surface area contributed by atoms with E-state index in [0.717, 1.165) is 31.5 Å². The van der Waals surface area contributed by atoms with Gasteiger partial charge < -0.3 is 15.2 Å². The van der Waals surface area contributed by atoms with Gasteiger partial charge >= 0.3 is 0 Å². The minimum Gasteiger partial charge on any atom is -0.481 e. The molecule has 1 aliphatic heterocycles. The van der Waals surface area contributed by atoms with E-state index in [0.29, 0.717) is 12.4 Å². The van der Waals surface area contributed by atoms with E-state index < -0.39 is 0 Å². The summed E-state index contributed by atoms with van der Waals surface area (Å²) in [7, 11) is 1.59. The highest BCUT2D eigenvalue weighted by molar-refractivity contribution is 5.78. The number of ether oxygens (including phenoxy) is 1. The van der Waals surface area contributed by atoms with Gasteiger partial charge in [0.1, 0.15) is 0 Å². The third-order valence-corrected chi connectivity index (χ3v) is 5.33. The summed E-state index contributed by atoms with van der Waals surface area (Å²) in [5.41, 5.74) is 0.974. The molecular formula is C19H29N3O3. The molecule has 1 aromatic rings. The van der Waals surface area contributed by atoms with Crippen LogP contribution in [0.5, 0.6) is 5.88 Å². The molecule has 0 radical (unpaired) electrons. The number of likely N-dealkylation sites (tertiary alicyclic amines) is 1. The minimum atomic E-state index is -0.249. The monoisotopic (exact) mass is 347 g/mol. The molecule has 6 heteroatoms. The van der Waals surface area contributed by atoms with E-state index in [1.165, 1.54) is 25.7 Å². The van der Waals surface area contributed by atoms with Gasteiger partial charge in [0.15, 0.2) is 0 Å². The smallest absolute Gasteiger partial charge is 0.234 e. The van der Waals surface area contributed by atoms with E-state index in [2.05, 4.69) is 15.2 Å². The third kappa shape index (κ3) is 4.92. The van der Waals surface area contributed by atoms with Crippen molar-refractivity contribution in [2.24, 2.45) is 5.92 Å². The van der Waals surface area contributed by atoms with Crippen molar-refractivity contribution in [2.75, 3.05) is 26.7 Å². The number of nitrogens with zero attached hydrogens (tertiary/aromatic N) is 2. The van der Waals surface area contributed by atoms with Crippen LogP contribution in [-0.2, 0) is 4.79 Å². The zero-order chi connectivity index (χ0) is 17.6. The van der Waals surface area contributed by atoms with E-state index >= 15 is 0 Å². The number of amides is 1. The summed E-state index contributed by atoms with van der Waals surface area (Å²) in [6.07, 6.45) is 7.83. The first kappa shape index (κ1) is 18.1. The molecule has 2 aliphatic rings. The Bertz CT molecular complexity index is 550. The maximum Gasteiger partial charge on any atom is 0.234 e. The molecule has 0 aromatic carbocycles. The second kappa shape index (κ2) is 8.63. The highest BCUT2D eigenvalue weighted by Crippen LogP contribution is 2.38. The van der Waals surface area contributed by atoms with Crippen molar-refractivity contribution in [2.45, 2.75) is 50.7 Å². The summed E-state index contributed by atoms with van der Waals surface area (Å²) in [5.74, 6) is 0.884. The first-order chi connectivity index (χ1) is 12.2. The predicted molar refractivity (Wildman–Crippen MR) is 95.3 cm³/mol. The molecule has 1 aromatic heterocycles. The van der Waals surface area contributed by atoms with Gasteiger partial charge in [0.05, 0.1) is 25.8 Å². The first-order valence-electron chi connectivity index (χ1n) is 9.35. The van der Waals surface area contributed by atoms with Crippen molar-refractivity contribution in [3.8, 4) is 5.88 Å². The second-order valence-corrected chi connectivity index (χ2v) is 7.25. The van der Waals surface area contributed by atoms with Crippen LogP contribution in [0.4, 0.5) is 0 Å². The Morgan fingerprint density at radius 3 is 2.60 bits per heavy atom. The molecule has 0 unspecified atom stereocenters. The van der Waals surface area contributed by atoms with Crippen LogP contribution >= 0.6 is 0 Å². The van der Waals surface area contributed by atoms with Gasteiger partial charge in [0, 0.05) is 12.3 Å². The molecule has 2 fully saturated rings. The summed E-state index contributed by atoms with van der Waals surface area (Å²) < 4.78 is 5.12. The minimum absolute atomic E-state index is 0.0594. The Morgan fingerprint density at radius 1 is 1.32 bits per heavy atom. The van der Waals surface area contributed by atoms with E-state index in [1.807, 2.05) is 12.1 Å². The normalized spacial score (nSPS) is 25.5. The highest BCUT2D eigenvalue weighted by Gasteiger charge is 2.36. The summed E-state index contributed by atoms with van der Waals surface area (Å²) in [6, 6.07) is 3.67. The van der Waals surface area contributed by atoms with E-state index in [1.54, 1.807) is 13.3 Å². The average Bonchev–Trinajstić information content (AvgIpc) is 2.86. The summed E-state index contributed by atoms with van der Waals surface area (Å²) in [5, 5.41) is 12.9. The fraction of sp³-hybridized carbons (Fsp3) is 0.684. The van der Waals surface area contributed by atoms with Gasteiger partial charge in [-0.05, 0) is 50.3 Å². The van der Waals surface area contributed by atoms with Gasteiger partial charge in [-0.25, -0.2) is 4.98 Å². The van der Waals surface area contributed by atoms with Crippen molar-refractivity contribution in [1.29, 1.82) is 0 Å². The van der Waals surface area contributed by atoms with E-state index in [9.17, 15) is 9.90 Å². The maximum absolute atomic E-state index is 12.6. The van der Waals surface area contributed by atoms with Crippen LogP contribution < -0.4 is 10.1 Å². The molecule has 0 spiro atoms. The van der Waals surface area contributed by atoms with Crippen molar-refractivity contribution in [3.05, 3.63) is 23.9 Å². The molecule has 25 heavy (non-hydrogen) atoms. The molecule has 138 valence electrons. The van der Waals surface area contributed by atoms with Gasteiger partial charge in [-0.3, -0.25) is 9.69 Å². The number of carbonyl (C=O) groups excluding carboxylic acids is 1. The number of aliphatic hydroxyl groups is 1. The fourth-order valence-corrected chi connectivity index (χ4v) is 3.79.